The zero-order valence-corrected chi connectivity index (χ0v) is 19.7. The van der Waals surface area contributed by atoms with E-state index in [1.54, 1.807) is 25.1 Å². The molecule has 1 heterocycles. The highest BCUT2D eigenvalue weighted by atomic mass is 16.2. The van der Waals surface area contributed by atoms with Gasteiger partial charge in [0.1, 0.15) is 0 Å². The molecule has 3 amide bonds. The molecule has 0 aliphatic carbocycles. The van der Waals surface area contributed by atoms with Gasteiger partial charge in [-0.3, -0.25) is 14.4 Å². The van der Waals surface area contributed by atoms with Crippen molar-refractivity contribution in [3.63, 3.8) is 0 Å². The Balaban J connectivity index is 1.52. The number of nitrogens with zero attached hydrogens (tertiary/aromatic N) is 3. The summed E-state index contributed by atoms with van der Waals surface area (Å²) in [5.41, 5.74) is 2.63. The van der Waals surface area contributed by atoms with Gasteiger partial charge in [0.2, 0.25) is 11.8 Å². The summed E-state index contributed by atoms with van der Waals surface area (Å²) >= 11 is 0. The Morgan fingerprint density at radius 3 is 2.18 bits per heavy atom. The summed E-state index contributed by atoms with van der Waals surface area (Å²) in [4.78, 5) is 42.9. The Labute approximate surface area is 196 Å². The van der Waals surface area contributed by atoms with Crippen LogP contribution in [0.25, 0.3) is 6.08 Å². The van der Waals surface area contributed by atoms with Gasteiger partial charge in [0, 0.05) is 57.8 Å². The zero-order valence-electron chi connectivity index (χ0n) is 19.7. The fourth-order valence-electron chi connectivity index (χ4n) is 4.02. The average Bonchev–Trinajstić information content (AvgIpc) is 2.86. The molecule has 0 N–H and O–H groups in total. The quantitative estimate of drug-likeness (QED) is 0.608. The average molecular weight is 448 g/mol. The third kappa shape index (κ3) is 6.54. The number of hydrogen-bond donors (Lipinski definition) is 0. The molecule has 2 aromatic carbocycles. The second-order valence-electron chi connectivity index (χ2n) is 8.59. The van der Waals surface area contributed by atoms with Gasteiger partial charge in [0.25, 0.3) is 5.91 Å². The molecule has 6 heteroatoms. The molecule has 6 nitrogen and oxygen atoms in total. The molecule has 33 heavy (non-hydrogen) atoms. The smallest absolute Gasteiger partial charge is 0.253 e. The molecular formula is C27H33N3O3. The van der Waals surface area contributed by atoms with Crippen LogP contribution in [-0.4, -0.2) is 66.2 Å². The van der Waals surface area contributed by atoms with Gasteiger partial charge in [-0.05, 0) is 49.1 Å². The molecule has 0 unspecified atom stereocenters. The molecule has 0 spiro atoms. The van der Waals surface area contributed by atoms with Crippen molar-refractivity contribution in [2.45, 2.75) is 26.3 Å². The van der Waals surface area contributed by atoms with E-state index in [-0.39, 0.29) is 23.6 Å². The normalized spacial score (nSPS) is 14.3. The largest absolute Gasteiger partial charge is 0.345 e. The highest BCUT2D eigenvalue weighted by Crippen LogP contribution is 2.21. The Morgan fingerprint density at radius 2 is 1.61 bits per heavy atom. The van der Waals surface area contributed by atoms with Crippen LogP contribution in [0, 0.1) is 5.92 Å². The van der Waals surface area contributed by atoms with Crippen LogP contribution >= 0.6 is 0 Å². The minimum atomic E-state index is -0.0679. The Hall–Kier alpha value is -3.41. The maximum atomic E-state index is 13.1. The second-order valence-corrected chi connectivity index (χ2v) is 8.59. The third-order valence-electron chi connectivity index (χ3n) is 6.05. The number of amides is 3. The van der Waals surface area contributed by atoms with Crippen LogP contribution in [0.3, 0.4) is 0 Å². The van der Waals surface area contributed by atoms with Crippen LogP contribution in [0.15, 0.2) is 60.7 Å². The highest BCUT2D eigenvalue weighted by Gasteiger charge is 2.29. The lowest BCUT2D eigenvalue weighted by Crippen LogP contribution is -2.43. The summed E-state index contributed by atoms with van der Waals surface area (Å²) in [7, 11) is 3.46. The molecule has 2 aromatic rings. The highest BCUT2D eigenvalue weighted by molar-refractivity contribution is 5.94. The van der Waals surface area contributed by atoms with Gasteiger partial charge < -0.3 is 14.7 Å². The van der Waals surface area contributed by atoms with Crippen LogP contribution in [-0.2, 0) is 16.1 Å². The van der Waals surface area contributed by atoms with E-state index >= 15 is 0 Å². The van der Waals surface area contributed by atoms with Crippen LogP contribution in [0.2, 0.25) is 0 Å². The summed E-state index contributed by atoms with van der Waals surface area (Å²) in [6.07, 6.45) is 4.79. The SMILES string of the molecule is CCN(Cc1ccc(C(=O)N(C)C)cc1)C(=O)C1CCN(C(=O)/C=C/c2ccccc2)CC1. The van der Waals surface area contributed by atoms with Crippen LogP contribution in [0.4, 0.5) is 0 Å². The van der Waals surface area contributed by atoms with Gasteiger partial charge in [-0.15, -0.1) is 0 Å². The van der Waals surface area contributed by atoms with Gasteiger partial charge in [0.15, 0.2) is 0 Å². The lowest BCUT2D eigenvalue weighted by molar-refractivity contribution is -0.139. The van der Waals surface area contributed by atoms with E-state index in [0.717, 1.165) is 11.1 Å². The first kappa shape index (κ1) is 24.2. The van der Waals surface area contributed by atoms with E-state index in [1.807, 2.05) is 77.4 Å². The Morgan fingerprint density at radius 1 is 0.970 bits per heavy atom. The number of likely N-dealkylation sites (tertiary alicyclic amines) is 1. The number of carbonyl (C=O) groups is 3. The lowest BCUT2D eigenvalue weighted by atomic mass is 9.94. The maximum absolute atomic E-state index is 13.1. The van der Waals surface area contributed by atoms with Gasteiger partial charge in [-0.2, -0.15) is 0 Å². The van der Waals surface area contributed by atoms with Crippen molar-refractivity contribution in [1.82, 2.24) is 14.7 Å². The summed E-state index contributed by atoms with van der Waals surface area (Å²) in [6, 6.07) is 17.2. The van der Waals surface area contributed by atoms with E-state index in [1.165, 1.54) is 0 Å². The molecule has 0 bridgehead atoms. The fourth-order valence-corrected chi connectivity index (χ4v) is 4.02. The minimum Gasteiger partial charge on any atom is -0.345 e. The predicted octanol–water partition coefficient (Wildman–Crippen LogP) is 3.69. The molecular weight excluding hydrogens is 414 g/mol. The third-order valence-corrected chi connectivity index (χ3v) is 6.05. The van der Waals surface area contributed by atoms with E-state index in [2.05, 4.69) is 0 Å². The first-order chi connectivity index (χ1) is 15.9. The van der Waals surface area contributed by atoms with Gasteiger partial charge in [-0.1, -0.05) is 42.5 Å². The summed E-state index contributed by atoms with van der Waals surface area (Å²) < 4.78 is 0. The molecule has 1 aliphatic rings. The van der Waals surface area contributed by atoms with Crippen molar-refractivity contribution in [1.29, 1.82) is 0 Å². The first-order valence-corrected chi connectivity index (χ1v) is 11.5. The summed E-state index contributed by atoms with van der Waals surface area (Å²) in [5, 5.41) is 0. The Bertz CT molecular complexity index is 975. The fraction of sp³-hybridized carbons (Fsp3) is 0.370. The number of rotatable bonds is 7. The van der Waals surface area contributed by atoms with Crippen molar-refractivity contribution in [2.75, 3.05) is 33.7 Å². The van der Waals surface area contributed by atoms with E-state index < -0.39 is 0 Å². The molecule has 1 saturated heterocycles. The number of hydrogen-bond acceptors (Lipinski definition) is 3. The molecule has 3 rings (SSSR count). The summed E-state index contributed by atoms with van der Waals surface area (Å²) in [5.74, 6) is 0.0221. The molecule has 1 aliphatic heterocycles. The van der Waals surface area contributed by atoms with Crippen molar-refractivity contribution >= 4 is 23.8 Å². The number of piperidine rings is 1. The van der Waals surface area contributed by atoms with Crippen LogP contribution in [0.5, 0.6) is 0 Å². The Kier molecular flexibility index (Phi) is 8.41. The molecule has 174 valence electrons. The second kappa shape index (κ2) is 11.5. The van der Waals surface area contributed by atoms with Gasteiger partial charge >= 0.3 is 0 Å². The van der Waals surface area contributed by atoms with Gasteiger partial charge in [-0.25, -0.2) is 0 Å². The minimum absolute atomic E-state index is 0.00976. The molecule has 0 atom stereocenters. The van der Waals surface area contributed by atoms with Crippen molar-refractivity contribution < 1.29 is 14.4 Å². The first-order valence-electron chi connectivity index (χ1n) is 11.5. The van der Waals surface area contributed by atoms with Crippen molar-refractivity contribution in [2.24, 2.45) is 5.92 Å². The number of carbonyl (C=O) groups excluding carboxylic acids is 3. The van der Waals surface area contributed by atoms with E-state index in [4.69, 9.17) is 0 Å². The van der Waals surface area contributed by atoms with Crippen molar-refractivity contribution in [3.8, 4) is 0 Å². The maximum Gasteiger partial charge on any atom is 0.253 e. The molecule has 1 fully saturated rings. The lowest BCUT2D eigenvalue weighted by Gasteiger charge is -2.33. The van der Waals surface area contributed by atoms with E-state index in [9.17, 15) is 14.4 Å². The molecule has 0 saturated carbocycles. The van der Waals surface area contributed by atoms with E-state index in [0.29, 0.717) is 44.6 Å². The van der Waals surface area contributed by atoms with Crippen molar-refractivity contribution in [3.05, 3.63) is 77.4 Å². The topological polar surface area (TPSA) is 60.9 Å². The number of benzene rings is 2. The standard InChI is InChI=1S/C27H33N3O3/c1-4-29(20-22-10-13-23(14-11-22)26(32)28(2)3)27(33)24-16-18-30(19-17-24)25(31)15-12-21-8-6-5-7-9-21/h5-15,24H,4,16-20H2,1-3H3/b15-12+. The van der Waals surface area contributed by atoms with Crippen LogP contribution in [0.1, 0.15) is 41.3 Å². The monoisotopic (exact) mass is 447 g/mol. The molecule has 0 radical (unpaired) electrons. The zero-order chi connectivity index (χ0) is 23.8. The summed E-state index contributed by atoms with van der Waals surface area (Å²) in [6.45, 7) is 4.30. The predicted molar refractivity (Wildman–Crippen MR) is 130 cm³/mol. The van der Waals surface area contributed by atoms with Crippen LogP contribution < -0.4 is 0 Å². The molecule has 0 aromatic heterocycles. The van der Waals surface area contributed by atoms with Gasteiger partial charge in [0.05, 0.1) is 0 Å².